The molecule has 0 atom stereocenters. The van der Waals surface area contributed by atoms with Crippen LogP contribution in [-0.2, 0) is 11.2 Å². The van der Waals surface area contributed by atoms with Gasteiger partial charge in [-0.2, -0.15) is 5.10 Å². The first kappa shape index (κ1) is 18.7. The van der Waals surface area contributed by atoms with Crippen LogP contribution < -0.4 is 10.2 Å². The summed E-state index contributed by atoms with van der Waals surface area (Å²) >= 11 is 6.05. The fraction of sp³-hybridized carbons (Fsp3) is 0.143. The molecule has 0 unspecified atom stereocenters. The SMILES string of the molecule is COc1ccc(CC(=O)N/N=C\c2ccc(-c3cc(Cl)ccc3C)o2)cc1. The fourth-order valence-corrected chi connectivity index (χ4v) is 2.73. The molecule has 0 spiro atoms. The number of nitrogens with zero attached hydrogens (tertiary/aromatic N) is 1. The van der Waals surface area contributed by atoms with Gasteiger partial charge in [-0.25, -0.2) is 5.43 Å². The standard InChI is InChI=1S/C21H19ClN2O3/c1-14-3-6-16(22)12-19(14)20-10-9-18(27-20)13-23-24-21(25)11-15-4-7-17(26-2)8-5-15/h3-10,12-13H,11H2,1-2H3,(H,24,25)/b23-13-. The van der Waals surface area contributed by atoms with Crippen LogP contribution in [0.25, 0.3) is 11.3 Å². The van der Waals surface area contributed by atoms with E-state index in [1.807, 2.05) is 55.5 Å². The van der Waals surface area contributed by atoms with Crippen molar-refractivity contribution in [3.8, 4) is 17.1 Å². The summed E-state index contributed by atoms with van der Waals surface area (Å²) < 4.78 is 10.9. The van der Waals surface area contributed by atoms with Gasteiger partial charge in [-0.15, -0.1) is 0 Å². The molecule has 0 aliphatic rings. The van der Waals surface area contributed by atoms with Crippen molar-refractivity contribution in [2.45, 2.75) is 13.3 Å². The number of hydrazone groups is 1. The van der Waals surface area contributed by atoms with Gasteiger partial charge in [-0.1, -0.05) is 29.8 Å². The van der Waals surface area contributed by atoms with Crippen LogP contribution in [0.15, 0.2) is 64.1 Å². The van der Waals surface area contributed by atoms with Crippen molar-refractivity contribution in [2.24, 2.45) is 5.10 Å². The maximum absolute atomic E-state index is 12.0. The average Bonchev–Trinajstić information content (AvgIpc) is 3.13. The van der Waals surface area contributed by atoms with Crippen molar-refractivity contribution in [1.29, 1.82) is 0 Å². The summed E-state index contributed by atoms with van der Waals surface area (Å²) in [6.07, 6.45) is 1.70. The first-order chi connectivity index (χ1) is 13.0. The van der Waals surface area contributed by atoms with Crippen molar-refractivity contribution >= 4 is 23.7 Å². The van der Waals surface area contributed by atoms with Crippen LogP contribution in [0.1, 0.15) is 16.9 Å². The van der Waals surface area contributed by atoms with Gasteiger partial charge in [0.05, 0.1) is 19.7 Å². The number of carbonyl (C=O) groups is 1. The topological polar surface area (TPSA) is 63.8 Å². The second kappa shape index (κ2) is 8.56. The number of furan rings is 1. The van der Waals surface area contributed by atoms with E-state index < -0.39 is 0 Å². The van der Waals surface area contributed by atoms with E-state index in [9.17, 15) is 4.79 Å². The minimum absolute atomic E-state index is 0.214. The normalized spacial score (nSPS) is 10.9. The van der Waals surface area contributed by atoms with Crippen molar-refractivity contribution in [2.75, 3.05) is 7.11 Å². The minimum Gasteiger partial charge on any atom is -0.497 e. The molecule has 0 saturated heterocycles. The number of halogens is 1. The number of rotatable bonds is 6. The van der Waals surface area contributed by atoms with Crippen LogP contribution in [0.4, 0.5) is 0 Å². The third kappa shape index (κ3) is 4.99. The number of nitrogens with one attached hydrogen (secondary N) is 1. The monoisotopic (exact) mass is 382 g/mol. The number of hydrogen-bond acceptors (Lipinski definition) is 4. The van der Waals surface area contributed by atoms with Gasteiger partial charge in [-0.05, 0) is 54.4 Å². The van der Waals surface area contributed by atoms with Crippen molar-refractivity contribution < 1.29 is 13.9 Å². The number of aryl methyl sites for hydroxylation is 1. The van der Waals surface area contributed by atoms with Gasteiger partial charge in [0.2, 0.25) is 5.91 Å². The Bertz CT molecular complexity index is 962. The van der Waals surface area contributed by atoms with Crippen LogP contribution >= 0.6 is 11.6 Å². The molecule has 3 aromatic rings. The quantitative estimate of drug-likeness (QED) is 0.500. The van der Waals surface area contributed by atoms with E-state index in [1.165, 1.54) is 6.21 Å². The smallest absolute Gasteiger partial charge is 0.244 e. The molecule has 0 saturated carbocycles. The van der Waals surface area contributed by atoms with Crippen LogP contribution in [0.5, 0.6) is 5.75 Å². The van der Waals surface area contributed by atoms with Gasteiger partial charge < -0.3 is 9.15 Å². The molecule has 1 amide bonds. The number of benzene rings is 2. The number of ether oxygens (including phenoxy) is 1. The largest absolute Gasteiger partial charge is 0.497 e. The molecule has 0 radical (unpaired) electrons. The van der Waals surface area contributed by atoms with Crippen molar-refractivity contribution in [3.05, 3.63) is 76.5 Å². The first-order valence-corrected chi connectivity index (χ1v) is 8.74. The van der Waals surface area contributed by atoms with E-state index >= 15 is 0 Å². The van der Waals surface area contributed by atoms with E-state index in [0.717, 1.165) is 22.4 Å². The van der Waals surface area contributed by atoms with Gasteiger partial charge in [0.15, 0.2) is 0 Å². The molecular formula is C21H19ClN2O3. The summed E-state index contributed by atoms with van der Waals surface area (Å²) in [5.41, 5.74) is 5.35. The average molecular weight is 383 g/mol. The Morgan fingerprint density at radius 2 is 1.96 bits per heavy atom. The molecule has 6 heteroatoms. The highest BCUT2D eigenvalue weighted by Crippen LogP contribution is 2.27. The molecule has 1 N–H and O–H groups in total. The summed E-state index contributed by atoms with van der Waals surface area (Å²) in [6, 6.07) is 16.6. The van der Waals surface area contributed by atoms with E-state index in [1.54, 1.807) is 13.2 Å². The fourth-order valence-electron chi connectivity index (χ4n) is 2.56. The Morgan fingerprint density at radius 3 is 2.70 bits per heavy atom. The van der Waals surface area contributed by atoms with E-state index in [4.69, 9.17) is 20.8 Å². The van der Waals surface area contributed by atoms with E-state index in [2.05, 4.69) is 10.5 Å². The third-order valence-corrected chi connectivity index (χ3v) is 4.23. The van der Waals surface area contributed by atoms with Gasteiger partial charge in [0.1, 0.15) is 17.3 Å². The maximum atomic E-state index is 12.0. The Balaban J connectivity index is 1.59. The molecule has 138 valence electrons. The Kier molecular flexibility index (Phi) is 5.94. The number of hydrogen-bond donors (Lipinski definition) is 1. The lowest BCUT2D eigenvalue weighted by atomic mass is 10.1. The minimum atomic E-state index is -0.214. The molecule has 0 fully saturated rings. The summed E-state index contributed by atoms with van der Waals surface area (Å²) in [5, 5.41) is 4.60. The maximum Gasteiger partial charge on any atom is 0.244 e. The molecule has 0 bridgehead atoms. The zero-order valence-corrected chi connectivity index (χ0v) is 15.8. The second-order valence-corrected chi connectivity index (χ2v) is 6.42. The molecule has 0 aliphatic carbocycles. The van der Waals surface area contributed by atoms with Crippen molar-refractivity contribution in [1.82, 2.24) is 5.43 Å². The van der Waals surface area contributed by atoms with E-state index in [-0.39, 0.29) is 12.3 Å². The molecule has 1 aromatic heterocycles. The van der Waals surface area contributed by atoms with Crippen LogP contribution in [0.2, 0.25) is 5.02 Å². The molecule has 5 nitrogen and oxygen atoms in total. The van der Waals surface area contributed by atoms with Crippen LogP contribution in [-0.4, -0.2) is 19.2 Å². The highest BCUT2D eigenvalue weighted by molar-refractivity contribution is 6.30. The predicted molar refractivity (Wildman–Crippen MR) is 106 cm³/mol. The lowest BCUT2D eigenvalue weighted by molar-refractivity contribution is -0.120. The summed E-state index contributed by atoms with van der Waals surface area (Å²) in [7, 11) is 1.60. The molecule has 0 aliphatic heterocycles. The van der Waals surface area contributed by atoms with Gasteiger partial charge in [0.25, 0.3) is 0 Å². The third-order valence-electron chi connectivity index (χ3n) is 4.00. The summed E-state index contributed by atoms with van der Waals surface area (Å²) in [6.45, 7) is 1.99. The van der Waals surface area contributed by atoms with E-state index in [0.29, 0.717) is 16.5 Å². The Hall–Kier alpha value is -3.05. The molecule has 27 heavy (non-hydrogen) atoms. The lowest BCUT2D eigenvalue weighted by Crippen LogP contribution is -2.19. The molecule has 3 rings (SSSR count). The van der Waals surface area contributed by atoms with Gasteiger partial charge in [0, 0.05) is 10.6 Å². The summed E-state index contributed by atoms with van der Waals surface area (Å²) in [5.74, 6) is 1.77. The number of carbonyl (C=O) groups excluding carboxylic acids is 1. The number of amides is 1. The lowest BCUT2D eigenvalue weighted by Gasteiger charge is -2.03. The Labute approximate surface area is 162 Å². The van der Waals surface area contributed by atoms with Gasteiger partial charge in [-0.3, -0.25) is 4.79 Å². The van der Waals surface area contributed by atoms with Crippen LogP contribution in [0.3, 0.4) is 0 Å². The highest BCUT2D eigenvalue weighted by atomic mass is 35.5. The van der Waals surface area contributed by atoms with Crippen LogP contribution in [0, 0.1) is 6.92 Å². The summed E-state index contributed by atoms with van der Waals surface area (Å²) in [4.78, 5) is 12.0. The van der Waals surface area contributed by atoms with Gasteiger partial charge >= 0.3 is 0 Å². The molecule has 2 aromatic carbocycles. The van der Waals surface area contributed by atoms with Crippen molar-refractivity contribution in [3.63, 3.8) is 0 Å². The number of methoxy groups -OCH3 is 1. The Morgan fingerprint density at radius 1 is 1.19 bits per heavy atom. The molecular weight excluding hydrogens is 364 g/mol. The molecule has 1 heterocycles. The zero-order chi connectivity index (χ0) is 19.2. The first-order valence-electron chi connectivity index (χ1n) is 8.36. The predicted octanol–water partition coefficient (Wildman–Crippen LogP) is 4.61. The zero-order valence-electron chi connectivity index (χ0n) is 15.0. The second-order valence-electron chi connectivity index (χ2n) is 5.98. The highest BCUT2D eigenvalue weighted by Gasteiger charge is 2.08.